The van der Waals surface area contributed by atoms with E-state index in [0.29, 0.717) is 29.4 Å². The molecule has 2 aliphatic rings. The highest BCUT2D eigenvalue weighted by molar-refractivity contribution is 6.03. The van der Waals surface area contributed by atoms with E-state index in [0.717, 1.165) is 25.0 Å². The molecule has 188 valence electrons. The third kappa shape index (κ3) is 4.83. The molecular weight excluding hydrogens is 459 g/mol. The molecule has 0 radical (unpaired) electrons. The molecule has 1 aliphatic carbocycles. The molecule has 1 saturated carbocycles. The fourth-order valence-corrected chi connectivity index (χ4v) is 5.02. The highest BCUT2D eigenvalue weighted by Gasteiger charge is 2.37. The van der Waals surface area contributed by atoms with E-state index < -0.39 is 17.5 Å². The van der Waals surface area contributed by atoms with Crippen molar-refractivity contribution in [2.45, 2.75) is 58.5 Å². The van der Waals surface area contributed by atoms with Crippen LogP contribution in [-0.4, -0.2) is 52.9 Å². The molecule has 1 aromatic heterocycles. The van der Waals surface area contributed by atoms with Crippen LogP contribution in [0.2, 0.25) is 0 Å². The summed E-state index contributed by atoms with van der Waals surface area (Å²) in [6, 6.07) is 1.41. The lowest BCUT2D eigenvalue weighted by molar-refractivity contribution is -0.133. The van der Waals surface area contributed by atoms with Gasteiger partial charge in [0.25, 0.3) is 0 Å². The minimum Gasteiger partial charge on any atom is -0.346 e. The van der Waals surface area contributed by atoms with Crippen molar-refractivity contribution in [3.05, 3.63) is 46.7 Å². The summed E-state index contributed by atoms with van der Waals surface area (Å²) >= 11 is 0. The van der Waals surface area contributed by atoms with Crippen LogP contribution in [0.3, 0.4) is 0 Å². The number of nitrogens with one attached hydrogen (secondary N) is 1. The van der Waals surface area contributed by atoms with Gasteiger partial charge in [0.05, 0.1) is 12.1 Å². The molecule has 1 atom stereocenters. The number of hydrogen-bond acceptors (Lipinski definition) is 5. The first-order valence-corrected chi connectivity index (χ1v) is 11.8. The van der Waals surface area contributed by atoms with Gasteiger partial charge in [0.2, 0.25) is 11.8 Å². The summed E-state index contributed by atoms with van der Waals surface area (Å²) in [6.07, 6.45) is 1.97. The molecule has 0 saturated heterocycles. The quantitative estimate of drug-likeness (QED) is 0.627. The minimum absolute atomic E-state index is 0.00801. The number of carbonyl (C=O) groups excluding carboxylic acids is 2. The normalized spacial score (nSPS) is 21.5. The lowest BCUT2D eigenvalue weighted by Crippen LogP contribution is -2.50. The predicted molar refractivity (Wildman–Crippen MR) is 125 cm³/mol. The highest BCUT2D eigenvalue weighted by Crippen LogP contribution is 2.37. The zero-order chi connectivity index (χ0) is 25.6. The van der Waals surface area contributed by atoms with Gasteiger partial charge in [0.15, 0.2) is 23.3 Å². The van der Waals surface area contributed by atoms with E-state index in [1.807, 2.05) is 32.7 Å². The largest absolute Gasteiger partial charge is 0.346 e. The molecule has 2 amide bonds. The first-order chi connectivity index (χ1) is 16.5. The third-order valence-electron chi connectivity index (χ3n) is 7.04. The van der Waals surface area contributed by atoms with Gasteiger partial charge < -0.3 is 15.1 Å². The van der Waals surface area contributed by atoms with Gasteiger partial charge in [-0.25, -0.2) is 23.1 Å². The fourth-order valence-electron chi connectivity index (χ4n) is 5.02. The number of hydrogen-bond donors (Lipinski definition) is 1. The van der Waals surface area contributed by atoms with Gasteiger partial charge in [0, 0.05) is 26.6 Å². The Morgan fingerprint density at radius 3 is 2.43 bits per heavy atom. The summed E-state index contributed by atoms with van der Waals surface area (Å²) in [5.74, 6) is -2.66. The van der Waals surface area contributed by atoms with Crippen LogP contribution in [0.4, 0.5) is 24.7 Å². The van der Waals surface area contributed by atoms with Crippen LogP contribution in [0, 0.1) is 36.2 Å². The molecule has 1 aliphatic heterocycles. The molecule has 2 aromatic rings. The summed E-state index contributed by atoms with van der Waals surface area (Å²) in [4.78, 5) is 37.9. The topological polar surface area (TPSA) is 78.4 Å². The second-order valence-corrected chi connectivity index (χ2v) is 9.96. The Hall–Kier alpha value is -3.17. The Bertz CT molecular complexity index is 1140. The van der Waals surface area contributed by atoms with Crippen LogP contribution < -0.4 is 10.2 Å². The Morgan fingerprint density at radius 2 is 1.83 bits per heavy atom. The minimum atomic E-state index is -1.54. The van der Waals surface area contributed by atoms with Crippen molar-refractivity contribution in [1.29, 1.82) is 0 Å². The number of rotatable bonds is 6. The number of fused-ring (bicyclic) bond motifs is 1. The second kappa shape index (κ2) is 9.47. The number of anilines is 2. The number of carbonyl (C=O) groups is 2. The molecular formula is C25H30F3N5O2. The second-order valence-electron chi connectivity index (χ2n) is 9.96. The predicted octanol–water partition coefficient (Wildman–Crippen LogP) is 3.64. The maximum absolute atomic E-state index is 13.4. The van der Waals surface area contributed by atoms with E-state index >= 15 is 0 Å². The smallest absolute Gasteiger partial charge is 0.247 e. The van der Waals surface area contributed by atoms with Crippen LogP contribution in [0.15, 0.2) is 12.1 Å². The maximum Gasteiger partial charge on any atom is 0.247 e. The number of halogens is 3. The molecule has 7 nitrogen and oxygen atoms in total. The average molecular weight is 490 g/mol. The van der Waals surface area contributed by atoms with Gasteiger partial charge in [-0.2, -0.15) is 0 Å². The van der Waals surface area contributed by atoms with Gasteiger partial charge >= 0.3 is 0 Å². The molecule has 0 bridgehead atoms. The highest BCUT2D eigenvalue weighted by atomic mass is 19.2. The van der Waals surface area contributed by atoms with Crippen molar-refractivity contribution in [3.63, 3.8) is 0 Å². The fraction of sp³-hybridized carbons (Fsp3) is 0.520. The third-order valence-corrected chi connectivity index (χ3v) is 7.04. The number of nitrogens with zero attached hydrogens (tertiary/aromatic N) is 4. The van der Waals surface area contributed by atoms with Crippen molar-refractivity contribution in [3.8, 4) is 0 Å². The molecule has 2 heterocycles. The molecule has 10 heteroatoms. The van der Waals surface area contributed by atoms with E-state index in [1.54, 1.807) is 11.9 Å². The zero-order valence-electron chi connectivity index (χ0n) is 20.5. The molecule has 0 unspecified atom stereocenters. The van der Waals surface area contributed by atoms with E-state index in [4.69, 9.17) is 4.98 Å². The van der Waals surface area contributed by atoms with Crippen molar-refractivity contribution >= 4 is 23.3 Å². The molecule has 1 fully saturated rings. The number of likely N-dealkylation sites (N-methyl/N-ethyl adjacent to an activating group) is 2. The molecule has 1 aromatic carbocycles. The van der Waals surface area contributed by atoms with Crippen molar-refractivity contribution < 1.29 is 22.8 Å². The van der Waals surface area contributed by atoms with Gasteiger partial charge in [0.1, 0.15) is 17.6 Å². The standard InChI is InChI=1S/C25H30F3N5O2/c1-12(2)23-25(35)31-22-13(3)29-19(30-24(22)33(23)5)10-14-6-16(7-14)32(4)20(34)11-15-8-17(26)21(28)18(27)9-15/h8-9,12,14,16,23H,6-7,10-11H2,1-5H3,(H,31,35)/t14?,16?,23-/m0/s1. The van der Waals surface area contributed by atoms with Crippen molar-refractivity contribution in [1.82, 2.24) is 14.9 Å². The van der Waals surface area contributed by atoms with E-state index in [1.165, 1.54) is 0 Å². The Kier molecular flexibility index (Phi) is 6.75. The van der Waals surface area contributed by atoms with Gasteiger partial charge in [-0.15, -0.1) is 0 Å². The van der Waals surface area contributed by atoms with Crippen LogP contribution in [0.1, 0.15) is 43.8 Å². The first kappa shape index (κ1) is 24.9. The summed E-state index contributed by atoms with van der Waals surface area (Å²) in [5, 5.41) is 2.95. The number of aromatic nitrogens is 2. The van der Waals surface area contributed by atoms with Gasteiger partial charge in [-0.3, -0.25) is 9.59 Å². The van der Waals surface area contributed by atoms with Gasteiger partial charge in [-0.05, 0) is 49.3 Å². The SMILES string of the molecule is Cc1nc(CC2CC(N(C)C(=O)Cc3cc(F)c(F)c(F)c3)C2)nc2c1NC(=O)[C@H](C(C)C)N2C. The lowest BCUT2D eigenvalue weighted by Gasteiger charge is -2.41. The van der Waals surface area contributed by atoms with E-state index in [9.17, 15) is 22.8 Å². The van der Waals surface area contributed by atoms with Crippen molar-refractivity contribution in [2.24, 2.45) is 11.8 Å². The summed E-state index contributed by atoms with van der Waals surface area (Å²) < 4.78 is 40.1. The van der Waals surface area contributed by atoms with E-state index in [-0.39, 0.29) is 47.7 Å². The van der Waals surface area contributed by atoms with Crippen LogP contribution in [0.25, 0.3) is 0 Å². The average Bonchev–Trinajstić information content (AvgIpc) is 2.74. The molecule has 35 heavy (non-hydrogen) atoms. The molecule has 1 N–H and O–H groups in total. The van der Waals surface area contributed by atoms with E-state index in [2.05, 4.69) is 10.3 Å². The first-order valence-electron chi connectivity index (χ1n) is 11.8. The van der Waals surface area contributed by atoms with Crippen LogP contribution >= 0.6 is 0 Å². The number of benzene rings is 1. The summed E-state index contributed by atoms with van der Waals surface area (Å²) in [7, 11) is 3.54. The lowest BCUT2D eigenvalue weighted by atomic mass is 9.77. The Morgan fingerprint density at radius 1 is 1.20 bits per heavy atom. The van der Waals surface area contributed by atoms with Crippen LogP contribution in [-0.2, 0) is 22.4 Å². The monoisotopic (exact) mass is 489 g/mol. The summed E-state index contributed by atoms with van der Waals surface area (Å²) in [5.41, 5.74) is 1.46. The molecule has 0 spiro atoms. The van der Waals surface area contributed by atoms with Gasteiger partial charge in [-0.1, -0.05) is 13.8 Å². The molecule has 4 rings (SSSR count). The van der Waals surface area contributed by atoms with Crippen molar-refractivity contribution in [2.75, 3.05) is 24.3 Å². The number of amides is 2. The number of aryl methyl sites for hydroxylation is 1. The Balaban J connectivity index is 1.37. The summed E-state index contributed by atoms with van der Waals surface area (Å²) in [6.45, 7) is 5.84. The maximum atomic E-state index is 13.4. The zero-order valence-corrected chi connectivity index (χ0v) is 20.5. The van der Waals surface area contributed by atoms with Crippen LogP contribution in [0.5, 0.6) is 0 Å². The Labute approximate surface area is 202 Å².